The second kappa shape index (κ2) is 7.73. The minimum atomic E-state index is -1.17. The number of aromatic hydroxyl groups is 1. The number of carbonyl (C=O) groups is 1. The van der Waals surface area contributed by atoms with Gasteiger partial charge in [0.05, 0.1) is 5.69 Å². The molecule has 2 unspecified atom stereocenters. The molecule has 0 bridgehead atoms. The molecule has 1 amide bonds. The highest BCUT2D eigenvalue weighted by molar-refractivity contribution is 5.98. The van der Waals surface area contributed by atoms with Gasteiger partial charge in [0.15, 0.2) is 0 Å². The molecule has 6 nitrogen and oxygen atoms in total. The Kier molecular flexibility index (Phi) is 5.53. The van der Waals surface area contributed by atoms with Crippen molar-refractivity contribution >= 4 is 11.6 Å². The van der Waals surface area contributed by atoms with Crippen LogP contribution in [0.15, 0.2) is 36.4 Å². The number of hydrogen-bond acceptors (Lipinski definition) is 5. The minimum absolute atomic E-state index is 0.0152. The number of ether oxygens (including phenoxy) is 1. The third-order valence-electron chi connectivity index (χ3n) is 4.52. The second-order valence-electron chi connectivity index (χ2n) is 7.45. The average Bonchev–Trinajstić information content (AvgIpc) is 2.61. The van der Waals surface area contributed by atoms with Crippen LogP contribution >= 0.6 is 0 Å². The number of carbonyl (C=O) groups excluding carboxylic acids is 1. The van der Waals surface area contributed by atoms with Crippen molar-refractivity contribution < 1.29 is 28.5 Å². The number of aliphatic hydroxyl groups is 1. The fourth-order valence-electron chi connectivity index (χ4n) is 3.06. The van der Waals surface area contributed by atoms with Crippen molar-refractivity contribution in [1.29, 1.82) is 0 Å². The number of hydrogen-bond donors (Lipinski definition) is 4. The van der Waals surface area contributed by atoms with E-state index in [0.717, 1.165) is 6.07 Å². The Morgan fingerprint density at radius 3 is 2.71 bits per heavy atom. The summed E-state index contributed by atoms with van der Waals surface area (Å²) < 4.78 is 32.5. The van der Waals surface area contributed by atoms with Crippen LogP contribution in [0.1, 0.15) is 19.4 Å². The van der Waals surface area contributed by atoms with Crippen LogP contribution in [0.4, 0.5) is 14.5 Å². The Labute approximate surface area is 161 Å². The van der Waals surface area contributed by atoms with Gasteiger partial charge in [0.25, 0.3) is 5.91 Å². The first-order chi connectivity index (χ1) is 13.1. The zero-order valence-corrected chi connectivity index (χ0v) is 15.5. The first-order valence-electron chi connectivity index (χ1n) is 8.82. The molecule has 28 heavy (non-hydrogen) atoms. The molecule has 1 heterocycles. The molecule has 0 aliphatic carbocycles. The topological polar surface area (TPSA) is 90.8 Å². The van der Waals surface area contributed by atoms with Crippen LogP contribution in [-0.4, -0.2) is 40.4 Å². The molecule has 2 aromatic carbocycles. The van der Waals surface area contributed by atoms with E-state index in [0.29, 0.717) is 17.0 Å². The van der Waals surface area contributed by atoms with Crippen molar-refractivity contribution in [3.63, 3.8) is 0 Å². The number of phenols is 1. The summed E-state index contributed by atoms with van der Waals surface area (Å²) in [5.41, 5.74) is 0.0383. The van der Waals surface area contributed by atoms with Gasteiger partial charge in [-0.25, -0.2) is 8.78 Å². The van der Waals surface area contributed by atoms with Crippen LogP contribution < -0.4 is 15.4 Å². The normalized spacial score (nSPS) is 17.5. The highest BCUT2D eigenvalue weighted by Crippen LogP contribution is 2.33. The fourth-order valence-corrected chi connectivity index (χ4v) is 3.06. The predicted molar refractivity (Wildman–Crippen MR) is 99.3 cm³/mol. The van der Waals surface area contributed by atoms with Gasteiger partial charge in [-0.3, -0.25) is 4.79 Å². The number of aliphatic hydroxyl groups excluding tert-OH is 1. The number of nitrogens with one attached hydrogen (secondary N) is 2. The minimum Gasteiger partial charge on any atom is -0.508 e. The summed E-state index contributed by atoms with van der Waals surface area (Å²) in [5, 5.41) is 25.6. The third kappa shape index (κ3) is 4.58. The molecule has 0 spiro atoms. The number of anilines is 1. The largest absolute Gasteiger partial charge is 0.508 e. The molecular weight excluding hydrogens is 370 g/mol. The van der Waals surface area contributed by atoms with Gasteiger partial charge in [0.2, 0.25) is 6.10 Å². The SMILES string of the molecule is CC(C)(Cc1ccc(F)cc1F)NCC(O)C1Oc2ccc(O)cc2NC1=O. The van der Waals surface area contributed by atoms with Crippen molar-refractivity contribution in [2.45, 2.75) is 38.0 Å². The molecule has 150 valence electrons. The lowest BCUT2D eigenvalue weighted by atomic mass is 9.94. The molecular formula is C20H22F2N2O4. The Balaban J connectivity index is 1.62. The Hall–Kier alpha value is -2.71. The zero-order chi connectivity index (χ0) is 20.5. The van der Waals surface area contributed by atoms with E-state index in [9.17, 15) is 23.8 Å². The zero-order valence-electron chi connectivity index (χ0n) is 15.5. The second-order valence-corrected chi connectivity index (χ2v) is 7.45. The summed E-state index contributed by atoms with van der Waals surface area (Å²) in [6.45, 7) is 3.63. The van der Waals surface area contributed by atoms with Crippen molar-refractivity contribution in [3.8, 4) is 11.5 Å². The maximum absolute atomic E-state index is 13.9. The van der Waals surface area contributed by atoms with Crippen LogP contribution in [-0.2, 0) is 11.2 Å². The lowest BCUT2D eigenvalue weighted by Gasteiger charge is -2.32. The summed E-state index contributed by atoms with van der Waals surface area (Å²) in [7, 11) is 0. The molecule has 2 atom stereocenters. The summed E-state index contributed by atoms with van der Waals surface area (Å²) in [4.78, 5) is 12.2. The molecule has 0 saturated carbocycles. The van der Waals surface area contributed by atoms with Crippen LogP contribution in [0.25, 0.3) is 0 Å². The average molecular weight is 392 g/mol. The van der Waals surface area contributed by atoms with E-state index >= 15 is 0 Å². The van der Waals surface area contributed by atoms with Gasteiger partial charge in [0.1, 0.15) is 29.2 Å². The Morgan fingerprint density at radius 1 is 1.25 bits per heavy atom. The first-order valence-corrected chi connectivity index (χ1v) is 8.82. The number of rotatable bonds is 6. The van der Waals surface area contributed by atoms with E-state index in [1.165, 1.54) is 30.3 Å². The molecule has 0 radical (unpaired) electrons. The number of halogens is 2. The molecule has 3 rings (SSSR count). The van der Waals surface area contributed by atoms with Gasteiger partial charge < -0.3 is 25.6 Å². The number of benzene rings is 2. The van der Waals surface area contributed by atoms with E-state index in [-0.39, 0.29) is 18.7 Å². The van der Waals surface area contributed by atoms with Crippen molar-refractivity contribution in [1.82, 2.24) is 5.32 Å². The van der Waals surface area contributed by atoms with Gasteiger partial charge in [-0.05, 0) is 44.0 Å². The molecule has 1 aliphatic heterocycles. The van der Waals surface area contributed by atoms with Crippen molar-refractivity contribution in [2.24, 2.45) is 0 Å². The van der Waals surface area contributed by atoms with E-state index < -0.39 is 35.3 Å². The maximum Gasteiger partial charge on any atom is 0.268 e. The molecule has 1 aliphatic rings. The third-order valence-corrected chi connectivity index (χ3v) is 4.52. The monoisotopic (exact) mass is 392 g/mol. The number of phenolic OH excluding ortho intramolecular Hbond substituents is 1. The van der Waals surface area contributed by atoms with Crippen LogP contribution in [0.3, 0.4) is 0 Å². The lowest BCUT2D eigenvalue weighted by molar-refractivity contribution is -0.128. The Bertz CT molecular complexity index is 889. The van der Waals surface area contributed by atoms with Crippen molar-refractivity contribution in [3.05, 3.63) is 53.6 Å². The highest BCUT2D eigenvalue weighted by atomic mass is 19.1. The van der Waals surface area contributed by atoms with E-state index in [1.54, 1.807) is 0 Å². The summed E-state index contributed by atoms with van der Waals surface area (Å²) >= 11 is 0. The van der Waals surface area contributed by atoms with E-state index in [2.05, 4.69) is 10.6 Å². The smallest absolute Gasteiger partial charge is 0.268 e. The van der Waals surface area contributed by atoms with E-state index in [1.807, 2.05) is 13.8 Å². The summed E-state index contributed by atoms with van der Waals surface area (Å²) in [6, 6.07) is 7.67. The molecule has 0 saturated heterocycles. The molecule has 4 N–H and O–H groups in total. The van der Waals surface area contributed by atoms with Crippen molar-refractivity contribution in [2.75, 3.05) is 11.9 Å². The van der Waals surface area contributed by atoms with Gasteiger partial charge in [-0.2, -0.15) is 0 Å². The number of amides is 1. The van der Waals surface area contributed by atoms with Crippen LogP contribution in [0, 0.1) is 11.6 Å². The van der Waals surface area contributed by atoms with E-state index in [4.69, 9.17) is 4.74 Å². The lowest BCUT2D eigenvalue weighted by Crippen LogP contribution is -2.53. The van der Waals surface area contributed by atoms with Gasteiger partial charge in [-0.15, -0.1) is 0 Å². The number of fused-ring (bicyclic) bond motifs is 1. The molecule has 2 aromatic rings. The fraction of sp³-hybridized carbons (Fsp3) is 0.350. The molecule has 0 fully saturated rings. The van der Waals surface area contributed by atoms with Crippen LogP contribution in [0.2, 0.25) is 0 Å². The standard InChI is InChI=1S/C20H22F2N2O4/c1-20(2,9-11-3-4-12(21)7-14(11)22)23-10-16(26)18-19(27)24-15-8-13(25)5-6-17(15)28-18/h3-8,16,18,23,25-26H,9-10H2,1-2H3,(H,24,27). The van der Waals surface area contributed by atoms with Crippen LogP contribution in [0.5, 0.6) is 11.5 Å². The van der Waals surface area contributed by atoms with Gasteiger partial charge in [-0.1, -0.05) is 6.07 Å². The first kappa shape index (κ1) is 20.0. The maximum atomic E-state index is 13.9. The summed E-state index contributed by atoms with van der Waals surface area (Å²) in [5.74, 6) is -1.48. The van der Waals surface area contributed by atoms with Gasteiger partial charge in [0, 0.05) is 24.2 Å². The highest BCUT2D eigenvalue weighted by Gasteiger charge is 2.35. The predicted octanol–water partition coefficient (Wildman–Crippen LogP) is 2.34. The summed E-state index contributed by atoms with van der Waals surface area (Å²) in [6.07, 6.45) is -2.05. The molecule has 0 aromatic heterocycles. The quantitative estimate of drug-likeness (QED) is 0.606. The Morgan fingerprint density at radius 2 is 2.00 bits per heavy atom. The number of β-amino-alcohol motifs (C(OH)–C–C–N with tert-alkyl or cyclic N) is 1. The van der Waals surface area contributed by atoms with Gasteiger partial charge >= 0.3 is 0 Å². The molecule has 8 heteroatoms.